The van der Waals surface area contributed by atoms with E-state index in [-0.39, 0.29) is 11.0 Å². The molecule has 8 heteroatoms. The molecule has 0 bridgehead atoms. The molecule has 4 nitrogen and oxygen atoms in total. The van der Waals surface area contributed by atoms with Gasteiger partial charge in [-0.15, -0.1) is 0 Å². The van der Waals surface area contributed by atoms with E-state index >= 15 is 0 Å². The zero-order valence-corrected chi connectivity index (χ0v) is 11.2. The molecule has 0 atom stereocenters. The quantitative estimate of drug-likeness (QED) is 0.733. The maximum atomic E-state index is 12.5. The van der Waals surface area contributed by atoms with Gasteiger partial charge in [0, 0.05) is 17.3 Å². The number of rotatable bonds is 2. The molecule has 1 N–H and O–H groups in total. The summed E-state index contributed by atoms with van der Waals surface area (Å²) in [5, 5.41) is 0.220. The summed E-state index contributed by atoms with van der Waals surface area (Å²) in [4.78, 5) is 14.4. The third-order valence-electron chi connectivity index (χ3n) is 2.88. The Balaban J connectivity index is 2.14. The molecule has 0 aliphatic carbocycles. The van der Waals surface area contributed by atoms with Crippen LogP contribution < -0.4 is 0 Å². The van der Waals surface area contributed by atoms with Crippen molar-refractivity contribution in [3.8, 4) is 11.1 Å². The van der Waals surface area contributed by atoms with Crippen molar-refractivity contribution < 1.29 is 13.2 Å². The Morgan fingerprint density at radius 3 is 2.71 bits per heavy atom. The van der Waals surface area contributed by atoms with Crippen molar-refractivity contribution in [1.29, 1.82) is 0 Å². The Kier molecular flexibility index (Phi) is 3.29. The molecule has 0 aliphatic rings. The first kappa shape index (κ1) is 13.8. The second kappa shape index (κ2) is 5.00. The summed E-state index contributed by atoms with van der Waals surface area (Å²) in [6.07, 6.45) is -2.63. The molecule has 3 aromatic rings. The number of hydrogen-bond acceptors (Lipinski definition) is 3. The molecule has 21 heavy (non-hydrogen) atoms. The first-order valence-electron chi connectivity index (χ1n) is 5.94. The van der Waals surface area contributed by atoms with Crippen molar-refractivity contribution in [2.45, 2.75) is 12.6 Å². The topological polar surface area (TPSA) is 54.5 Å². The molecule has 108 valence electrons. The highest BCUT2D eigenvalue weighted by Crippen LogP contribution is 2.31. The number of H-pyrrole nitrogens is 1. The SMILES string of the molecule is FC(F)(F)Cc1nc2c(-c3cncnc3Cl)cccc2[nH]1. The molecule has 0 unspecified atom stereocenters. The largest absolute Gasteiger partial charge is 0.396 e. The molecule has 0 saturated carbocycles. The Labute approximate surface area is 122 Å². The molecule has 1 aromatic carbocycles. The van der Waals surface area contributed by atoms with Crippen LogP contribution in [0, 0.1) is 0 Å². The summed E-state index contributed by atoms with van der Waals surface area (Å²) in [5.41, 5.74) is 2.03. The van der Waals surface area contributed by atoms with Crippen LogP contribution in [0.5, 0.6) is 0 Å². The first-order chi connectivity index (χ1) is 9.94. The lowest BCUT2D eigenvalue weighted by atomic mass is 10.1. The number of benzene rings is 1. The van der Waals surface area contributed by atoms with Gasteiger partial charge in [0.25, 0.3) is 0 Å². The first-order valence-corrected chi connectivity index (χ1v) is 6.32. The van der Waals surface area contributed by atoms with E-state index in [2.05, 4.69) is 19.9 Å². The van der Waals surface area contributed by atoms with Crippen molar-refractivity contribution in [1.82, 2.24) is 19.9 Å². The van der Waals surface area contributed by atoms with Crippen LogP contribution in [-0.2, 0) is 6.42 Å². The summed E-state index contributed by atoms with van der Waals surface area (Å²) >= 11 is 6.00. The Bertz CT molecular complexity index is 797. The van der Waals surface area contributed by atoms with Gasteiger partial charge in [-0.2, -0.15) is 13.2 Å². The molecular weight excluding hydrogens is 305 g/mol. The summed E-state index contributed by atoms with van der Waals surface area (Å²) in [7, 11) is 0. The molecule has 0 saturated heterocycles. The van der Waals surface area contributed by atoms with Crippen LogP contribution in [0.15, 0.2) is 30.7 Å². The van der Waals surface area contributed by atoms with Crippen LogP contribution >= 0.6 is 11.6 Å². The molecule has 0 fully saturated rings. The van der Waals surface area contributed by atoms with Crippen molar-refractivity contribution >= 4 is 22.6 Å². The van der Waals surface area contributed by atoms with E-state index < -0.39 is 12.6 Å². The van der Waals surface area contributed by atoms with Crippen LogP contribution in [-0.4, -0.2) is 26.1 Å². The van der Waals surface area contributed by atoms with E-state index in [0.717, 1.165) is 0 Å². The van der Waals surface area contributed by atoms with Gasteiger partial charge in [0.05, 0.1) is 11.0 Å². The third-order valence-corrected chi connectivity index (χ3v) is 3.18. The number of para-hydroxylation sites is 1. The van der Waals surface area contributed by atoms with Gasteiger partial charge in [0.1, 0.15) is 23.7 Å². The predicted octanol–water partition coefficient (Wildman–Crippen LogP) is 3.78. The van der Waals surface area contributed by atoms with Crippen LogP contribution in [0.3, 0.4) is 0 Å². The minimum Gasteiger partial charge on any atom is -0.342 e. The number of nitrogens with one attached hydrogen (secondary N) is 1. The number of imidazole rings is 1. The van der Waals surface area contributed by atoms with Gasteiger partial charge in [-0.05, 0) is 6.07 Å². The molecule has 0 radical (unpaired) electrons. The molecule has 0 amide bonds. The van der Waals surface area contributed by atoms with E-state index in [9.17, 15) is 13.2 Å². The minimum absolute atomic E-state index is 0.141. The highest BCUT2D eigenvalue weighted by molar-refractivity contribution is 6.32. The lowest BCUT2D eigenvalue weighted by Crippen LogP contribution is -2.12. The number of aromatic amines is 1. The van der Waals surface area contributed by atoms with Crippen molar-refractivity contribution in [3.05, 3.63) is 41.7 Å². The Morgan fingerprint density at radius 1 is 1.19 bits per heavy atom. The predicted molar refractivity (Wildman–Crippen MR) is 71.9 cm³/mol. The van der Waals surface area contributed by atoms with Gasteiger partial charge in [-0.3, -0.25) is 0 Å². The number of hydrogen-bond donors (Lipinski definition) is 1. The van der Waals surface area contributed by atoms with Gasteiger partial charge in [0.15, 0.2) is 0 Å². The molecule has 2 heterocycles. The van der Waals surface area contributed by atoms with E-state index in [0.29, 0.717) is 22.2 Å². The molecular formula is C13H8ClF3N4. The monoisotopic (exact) mass is 312 g/mol. The van der Waals surface area contributed by atoms with Crippen molar-refractivity contribution in [3.63, 3.8) is 0 Å². The maximum absolute atomic E-state index is 12.5. The zero-order chi connectivity index (χ0) is 15.0. The number of nitrogens with zero attached hydrogens (tertiary/aromatic N) is 3. The summed E-state index contributed by atoms with van der Waals surface area (Å²) < 4.78 is 37.4. The number of fused-ring (bicyclic) bond motifs is 1. The molecule has 0 spiro atoms. The maximum Gasteiger partial charge on any atom is 0.396 e. The highest BCUT2D eigenvalue weighted by atomic mass is 35.5. The fraction of sp³-hybridized carbons (Fsp3) is 0.154. The molecule has 3 rings (SSSR count). The average Bonchev–Trinajstić information content (AvgIpc) is 2.79. The molecule has 0 aliphatic heterocycles. The summed E-state index contributed by atoms with van der Waals surface area (Å²) in [6, 6.07) is 5.07. The van der Waals surface area contributed by atoms with E-state index in [4.69, 9.17) is 11.6 Å². The average molecular weight is 313 g/mol. The van der Waals surface area contributed by atoms with Gasteiger partial charge in [-0.1, -0.05) is 23.7 Å². The van der Waals surface area contributed by atoms with Crippen LogP contribution in [0.2, 0.25) is 5.15 Å². The van der Waals surface area contributed by atoms with Crippen LogP contribution in [0.4, 0.5) is 13.2 Å². The summed E-state index contributed by atoms with van der Waals surface area (Å²) in [6.45, 7) is 0. The zero-order valence-electron chi connectivity index (χ0n) is 10.4. The van der Waals surface area contributed by atoms with Gasteiger partial charge in [-0.25, -0.2) is 15.0 Å². The highest BCUT2D eigenvalue weighted by Gasteiger charge is 2.29. The molecule has 2 aromatic heterocycles. The fourth-order valence-electron chi connectivity index (χ4n) is 2.07. The van der Waals surface area contributed by atoms with Gasteiger partial charge >= 0.3 is 6.18 Å². The lowest BCUT2D eigenvalue weighted by molar-refractivity contribution is -0.128. The van der Waals surface area contributed by atoms with E-state index in [1.54, 1.807) is 18.2 Å². The summed E-state index contributed by atoms with van der Waals surface area (Å²) in [5.74, 6) is -0.141. The van der Waals surface area contributed by atoms with Gasteiger partial charge in [0.2, 0.25) is 0 Å². The standard InChI is InChI=1S/C13H8ClF3N4/c14-12-8(5-18-6-19-12)7-2-1-3-9-11(7)21-10(20-9)4-13(15,16)17/h1-3,5-6H,4H2,(H,20,21). The van der Waals surface area contributed by atoms with Crippen LogP contribution in [0.25, 0.3) is 22.2 Å². The fourth-order valence-corrected chi connectivity index (χ4v) is 2.26. The lowest BCUT2D eigenvalue weighted by Gasteiger charge is -2.03. The second-order valence-electron chi connectivity index (χ2n) is 4.40. The van der Waals surface area contributed by atoms with Crippen molar-refractivity contribution in [2.75, 3.05) is 0 Å². The number of aromatic nitrogens is 4. The normalized spacial score (nSPS) is 12.0. The van der Waals surface area contributed by atoms with E-state index in [1.807, 2.05) is 0 Å². The number of halogens is 4. The second-order valence-corrected chi connectivity index (χ2v) is 4.76. The minimum atomic E-state index is -4.32. The Hall–Kier alpha value is -2.15. The smallest absolute Gasteiger partial charge is 0.342 e. The Morgan fingerprint density at radius 2 is 2.00 bits per heavy atom. The third kappa shape index (κ3) is 2.82. The van der Waals surface area contributed by atoms with Crippen LogP contribution in [0.1, 0.15) is 5.82 Å². The van der Waals surface area contributed by atoms with Crippen molar-refractivity contribution in [2.24, 2.45) is 0 Å². The number of alkyl halides is 3. The van der Waals surface area contributed by atoms with E-state index in [1.165, 1.54) is 12.5 Å². The van der Waals surface area contributed by atoms with Gasteiger partial charge < -0.3 is 4.98 Å².